The maximum Gasteiger partial charge on any atom is 0.289 e. The van der Waals surface area contributed by atoms with Gasteiger partial charge < -0.3 is 4.74 Å². The fraction of sp³-hybridized carbons (Fsp3) is 0.0800. The van der Waals surface area contributed by atoms with Gasteiger partial charge in [-0.05, 0) is 41.0 Å². The molecule has 0 spiro atoms. The molecule has 0 saturated heterocycles. The summed E-state index contributed by atoms with van der Waals surface area (Å²) in [6, 6.07) is 23.5. The van der Waals surface area contributed by atoms with Crippen LogP contribution in [0.1, 0.15) is 23.0 Å². The number of nitrogens with one attached hydrogen (secondary N) is 2. The first-order valence-corrected chi connectivity index (χ1v) is 9.84. The van der Waals surface area contributed by atoms with E-state index in [4.69, 9.17) is 4.74 Å². The van der Waals surface area contributed by atoms with Gasteiger partial charge in [-0.25, -0.2) is 5.43 Å². The van der Waals surface area contributed by atoms with E-state index in [1.54, 1.807) is 19.4 Å². The Morgan fingerprint density at radius 3 is 2.65 bits per heavy atom. The van der Waals surface area contributed by atoms with Crippen molar-refractivity contribution in [3.8, 4) is 17.0 Å². The molecule has 1 amide bonds. The number of methoxy groups -OCH3 is 1. The minimum absolute atomic E-state index is 0.312. The van der Waals surface area contributed by atoms with E-state index >= 15 is 0 Å². The smallest absolute Gasteiger partial charge is 0.289 e. The normalized spacial score (nSPS) is 11.7. The minimum atomic E-state index is -0.373. The van der Waals surface area contributed by atoms with Crippen molar-refractivity contribution in [3.05, 3.63) is 89.6 Å². The van der Waals surface area contributed by atoms with Crippen molar-refractivity contribution >= 4 is 29.0 Å². The van der Waals surface area contributed by atoms with Crippen molar-refractivity contribution in [3.63, 3.8) is 0 Å². The van der Waals surface area contributed by atoms with Gasteiger partial charge in [0.25, 0.3) is 5.91 Å². The monoisotopic (exact) mass is 410 g/mol. The molecular weight excluding hydrogens is 388 g/mol. The van der Waals surface area contributed by atoms with E-state index in [1.165, 1.54) is 0 Å². The molecule has 0 aliphatic carbocycles. The van der Waals surface area contributed by atoms with Crippen molar-refractivity contribution in [2.24, 2.45) is 5.10 Å². The number of allylic oxidation sites excluding steroid dienone is 1. The van der Waals surface area contributed by atoms with Gasteiger partial charge >= 0.3 is 0 Å². The standard InChI is InChI=1S/C25H22N4O2/c1-17(14-18-8-4-3-5-9-18)16-26-29-25(30)22-15-21(27-28-22)24-20-11-7-6-10-19(20)12-13-23(24)31-2/h3-16H,1-2H3,(H,27,28)(H,29,30)/b17-14+,26-16-. The van der Waals surface area contributed by atoms with Gasteiger partial charge in [0.1, 0.15) is 11.4 Å². The van der Waals surface area contributed by atoms with E-state index < -0.39 is 0 Å². The summed E-state index contributed by atoms with van der Waals surface area (Å²) in [6.45, 7) is 1.92. The van der Waals surface area contributed by atoms with Gasteiger partial charge in [0, 0.05) is 0 Å². The van der Waals surface area contributed by atoms with E-state index in [1.807, 2.05) is 79.7 Å². The zero-order valence-corrected chi connectivity index (χ0v) is 17.3. The largest absolute Gasteiger partial charge is 0.496 e. The Labute approximate surface area is 180 Å². The van der Waals surface area contributed by atoms with Gasteiger partial charge in [0.15, 0.2) is 0 Å². The summed E-state index contributed by atoms with van der Waals surface area (Å²) in [7, 11) is 1.62. The fourth-order valence-corrected chi connectivity index (χ4v) is 3.35. The van der Waals surface area contributed by atoms with Crippen molar-refractivity contribution in [1.29, 1.82) is 0 Å². The first kappa shape index (κ1) is 20.1. The lowest BCUT2D eigenvalue weighted by Crippen LogP contribution is -2.17. The SMILES string of the molecule is COc1ccc2ccccc2c1-c1cc(C(=O)N/N=C\C(C)=C\c2ccccc2)[nH]n1. The second kappa shape index (κ2) is 9.09. The molecule has 0 fully saturated rings. The summed E-state index contributed by atoms with van der Waals surface area (Å²) < 4.78 is 5.53. The molecule has 0 atom stereocenters. The van der Waals surface area contributed by atoms with Gasteiger partial charge in [-0.2, -0.15) is 10.2 Å². The van der Waals surface area contributed by atoms with Gasteiger partial charge in [-0.1, -0.05) is 66.7 Å². The third kappa shape index (κ3) is 4.53. The zero-order valence-electron chi connectivity index (χ0n) is 17.3. The highest BCUT2D eigenvalue weighted by atomic mass is 16.5. The van der Waals surface area contributed by atoms with Crippen LogP contribution < -0.4 is 10.2 Å². The van der Waals surface area contributed by atoms with Crippen LogP contribution in [-0.2, 0) is 0 Å². The van der Waals surface area contributed by atoms with Crippen LogP contribution in [0.25, 0.3) is 28.1 Å². The first-order valence-electron chi connectivity index (χ1n) is 9.84. The number of amides is 1. The van der Waals surface area contributed by atoms with Crippen molar-refractivity contribution in [2.75, 3.05) is 7.11 Å². The molecule has 4 aromatic rings. The van der Waals surface area contributed by atoms with Crippen molar-refractivity contribution in [2.45, 2.75) is 6.92 Å². The van der Waals surface area contributed by atoms with Crippen molar-refractivity contribution in [1.82, 2.24) is 15.6 Å². The number of fused-ring (bicyclic) bond motifs is 1. The number of benzene rings is 3. The predicted molar refractivity (Wildman–Crippen MR) is 124 cm³/mol. The van der Waals surface area contributed by atoms with E-state index in [0.29, 0.717) is 17.1 Å². The fourth-order valence-electron chi connectivity index (χ4n) is 3.35. The number of rotatable bonds is 6. The molecule has 154 valence electrons. The highest BCUT2D eigenvalue weighted by Gasteiger charge is 2.16. The number of hydrogen-bond acceptors (Lipinski definition) is 4. The Morgan fingerprint density at radius 2 is 1.84 bits per heavy atom. The van der Waals surface area contributed by atoms with Crippen LogP contribution in [0.3, 0.4) is 0 Å². The van der Waals surface area contributed by atoms with Crippen LogP contribution in [0.15, 0.2) is 83.5 Å². The van der Waals surface area contributed by atoms with Crippen LogP contribution in [0.4, 0.5) is 0 Å². The topological polar surface area (TPSA) is 79.4 Å². The molecule has 0 radical (unpaired) electrons. The molecule has 0 saturated carbocycles. The van der Waals surface area contributed by atoms with Crippen LogP contribution >= 0.6 is 0 Å². The Morgan fingerprint density at radius 1 is 1.06 bits per heavy atom. The number of aromatic amines is 1. The zero-order chi connectivity index (χ0) is 21.6. The Bertz CT molecular complexity index is 1270. The number of aromatic nitrogens is 2. The Kier molecular flexibility index (Phi) is 5.89. The average molecular weight is 410 g/mol. The predicted octanol–water partition coefficient (Wildman–Crippen LogP) is 5.06. The first-order chi connectivity index (χ1) is 15.2. The molecule has 0 aliphatic rings. The number of ether oxygens (including phenoxy) is 1. The molecule has 1 aromatic heterocycles. The highest BCUT2D eigenvalue weighted by molar-refractivity contribution is 6.00. The second-order valence-electron chi connectivity index (χ2n) is 7.03. The van der Waals surface area contributed by atoms with Crippen molar-refractivity contribution < 1.29 is 9.53 Å². The summed E-state index contributed by atoms with van der Waals surface area (Å²) in [4.78, 5) is 12.5. The average Bonchev–Trinajstić information content (AvgIpc) is 3.29. The maximum absolute atomic E-state index is 12.5. The number of hydrogen-bond donors (Lipinski definition) is 2. The molecule has 0 unspecified atom stereocenters. The summed E-state index contributed by atoms with van der Waals surface area (Å²) in [5.41, 5.74) is 6.29. The summed E-state index contributed by atoms with van der Waals surface area (Å²) in [5, 5.41) is 13.2. The maximum atomic E-state index is 12.5. The summed E-state index contributed by atoms with van der Waals surface area (Å²) in [6.07, 6.45) is 3.59. The second-order valence-corrected chi connectivity index (χ2v) is 7.03. The van der Waals surface area contributed by atoms with E-state index in [2.05, 4.69) is 20.7 Å². The van der Waals surface area contributed by atoms with Crippen LogP contribution in [0, 0.1) is 0 Å². The van der Waals surface area contributed by atoms with E-state index in [0.717, 1.165) is 27.5 Å². The Balaban J connectivity index is 1.52. The molecule has 31 heavy (non-hydrogen) atoms. The summed E-state index contributed by atoms with van der Waals surface area (Å²) >= 11 is 0. The number of nitrogens with zero attached hydrogens (tertiary/aromatic N) is 2. The lowest BCUT2D eigenvalue weighted by Gasteiger charge is -2.09. The Hall–Kier alpha value is -4.19. The molecule has 6 nitrogen and oxygen atoms in total. The number of H-pyrrole nitrogens is 1. The van der Waals surface area contributed by atoms with E-state index in [9.17, 15) is 4.79 Å². The van der Waals surface area contributed by atoms with Crippen LogP contribution in [-0.4, -0.2) is 29.4 Å². The molecule has 2 N–H and O–H groups in total. The van der Waals surface area contributed by atoms with Crippen LogP contribution in [0.2, 0.25) is 0 Å². The quantitative estimate of drug-likeness (QED) is 0.345. The molecule has 0 aliphatic heterocycles. The molecule has 3 aromatic carbocycles. The third-order valence-electron chi connectivity index (χ3n) is 4.82. The molecule has 0 bridgehead atoms. The highest BCUT2D eigenvalue weighted by Crippen LogP contribution is 2.36. The lowest BCUT2D eigenvalue weighted by atomic mass is 10.0. The third-order valence-corrected chi connectivity index (χ3v) is 4.82. The molecule has 1 heterocycles. The van der Waals surface area contributed by atoms with Gasteiger partial charge in [-0.15, -0.1) is 0 Å². The molecule has 4 rings (SSSR count). The number of hydrazone groups is 1. The van der Waals surface area contributed by atoms with Gasteiger partial charge in [-0.3, -0.25) is 9.89 Å². The van der Waals surface area contributed by atoms with Gasteiger partial charge in [0.05, 0.1) is 24.6 Å². The van der Waals surface area contributed by atoms with E-state index in [-0.39, 0.29) is 5.91 Å². The lowest BCUT2D eigenvalue weighted by molar-refractivity contribution is 0.0950. The van der Waals surface area contributed by atoms with Gasteiger partial charge in [0.2, 0.25) is 0 Å². The number of carbonyl (C=O) groups is 1. The summed E-state index contributed by atoms with van der Waals surface area (Å²) in [5.74, 6) is 0.318. The number of carbonyl (C=O) groups excluding carboxylic acids is 1. The molecule has 6 heteroatoms. The molecular formula is C25H22N4O2. The minimum Gasteiger partial charge on any atom is -0.496 e. The van der Waals surface area contributed by atoms with Crippen LogP contribution in [0.5, 0.6) is 5.75 Å².